The maximum absolute atomic E-state index is 10.5. The lowest BCUT2D eigenvalue weighted by atomic mass is 10.2. The number of nitrogens with zero attached hydrogens (tertiary/aromatic N) is 1. The van der Waals surface area contributed by atoms with Gasteiger partial charge in [-0.1, -0.05) is 6.07 Å². The van der Waals surface area contributed by atoms with E-state index in [1.807, 2.05) is 0 Å². The first kappa shape index (κ1) is 11.0. The number of nitrogens with one attached hydrogen (secondary N) is 1. The molecule has 0 aliphatic heterocycles. The summed E-state index contributed by atoms with van der Waals surface area (Å²) < 4.78 is 0. The summed E-state index contributed by atoms with van der Waals surface area (Å²) in [6.07, 6.45) is 0. The predicted octanol–water partition coefficient (Wildman–Crippen LogP) is 1.48. The molecule has 0 aromatic heterocycles. The Bertz CT molecular complexity index is 391. The summed E-state index contributed by atoms with van der Waals surface area (Å²) >= 11 is 0. The number of hydrogen-bond acceptors (Lipinski definition) is 4. The molecule has 0 aliphatic rings. The van der Waals surface area contributed by atoms with Crippen LogP contribution < -0.4 is 5.32 Å². The molecule has 0 spiro atoms. The monoisotopic (exact) mass is 210 g/mol. The van der Waals surface area contributed by atoms with E-state index in [0.29, 0.717) is 5.69 Å². The summed E-state index contributed by atoms with van der Waals surface area (Å²) in [5.41, 5.74) is 0.344. The Morgan fingerprint density at radius 2 is 2.27 bits per heavy atom. The SMILES string of the molecule is C[C@H](Nc1cccc([N+](=O)[O-])c1)C(=O)O. The van der Waals surface area contributed by atoms with Crippen LogP contribution in [-0.4, -0.2) is 22.0 Å². The predicted molar refractivity (Wildman–Crippen MR) is 53.8 cm³/mol. The quantitative estimate of drug-likeness (QED) is 0.580. The summed E-state index contributed by atoms with van der Waals surface area (Å²) in [5, 5.41) is 21.7. The van der Waals surface area contributed by atoms with E-state index in [0.717, 1.165) is 0 Å². The molecule has 1 rings (SSSR count). The highest BCUT2D eigenvalue weighted by Gasteiger charge is 2.12. The molecule has 0 fully saturated rings. The third-order valence-corrected chi connectivity index (χ3v) is 1.81. The van der Waals surface area contributed by atoms with Gasteiger partial charge in [0.2, 0.25) is 0 Å². The van der Waals surface area contributed by atoms with Crippen LogP contribution in [0.5, 0.6) is 0 Å². The lowest BCUT2D eigenvalue weighted by Gasteiger charge is -2.09. The van der Waals surface area contributed by atoms with Gasteiger partial charge in [-0.15, -0.1) is 0 Å². The minimum atomic E-state index is -1.01. The molecule has 6 heteroatoms. The van der Waals surface area contributed by atoms with Crippen molar-refractivity contribution >= 4 is 17.3 Å². The van der Waals surface area contributed by atoms with Crippen LogP contribution in [-0.2, 0) is 4.79 Å². The van der Waals surface area contributed by atoms with Gasteiger partial charge in [-0.05, 0) is 13.0 Å². The van der Waals surface area contributed by atoms with Gasteiger partial charge in [0, 0.05) is 17.8 Å². The first-order valence-electron chi connectivity index (χ1n) is 4.24. The van der Waals surface area contributed by atoms with Crippen LogP contribution in [0.3, 0.4) is 0 Å². The minimum Gasteiger partial charge on any atom is -0.480 e. The number of nitro benzene ring substituents is 1. The molecule has 1 aromatic rings. The van der Waals surface area contributed by atoms with Crippen LogP contribution in [0.2, 0.25) is 0 Å². The van der Waals surface area contributed by atoms with E-state index in [4.69, 9.17) is 5.11 Å². The Morgan fingerprint density at radius 1 is 1.60 bits per heavy atom. The van der Waals surface area contributed by atoms with Gasteiger partial charge in [0.15, 0.2) is 0 Å². The van der Waals surface area contributed by atoms with Crippen molar-refractivity contribution in [3.05, 3.63) is 34.4 Å². The molecule has 15 heavy (non-hydrogen) atoms. The zero-order valence-corrected chi connectivity index (χ0v) is 8.01. The topological polar surface area (TPSA) is 92.5 Å². The standard InChI is InChI=1S/C9H10N2O4/c1-6(9(12)13)10-7-3-2-4-8(5-7)11(14)15/h2-6,10H,1H3,(H,12,13)/t6-/m0/s1. The number of carboxylic acid groups (broad SMARTS) is 1. The highest BCUT2D eigenvalue weighted by atomic mass is 16.6. The third kappa shape index (κ3) is 2.94. The molecular weight excluding hydrogens is 200 g/mol. The van der Waals surface area contributed by atoms with Gasteiger partial charge in [0.05, 0.1) is 4.92 Å². The van der Waals surface area contributed by atoms with Crippen molar-refractivity contribution in [2.24, 2.45) is 0 Å². The van der Waals surface area contributed by atoms with E-state index >= 15 is 0 Å². The molecule has 0 heterocycles. The average molecular weight is 210 g/mol. The van der Waals surface area contributed by atoms with Crippen LogP contribution in [0.4, 0.5) is 11.4 Å². The second kappa shape index (κ2) is 4.41. The second-order valence-electron chi connectivity index (χ2n) is 3.01. The van der Waals surface area contributed by atoms with E-state index in [2.05, 4.69) is 5.32 Å². The molecule has 80 valence electrons. The number of carbonyl (C=O) groups is 1. The maximum atomic E-state index is 10.5. The molecule has 0 unspecified atom stereocenters. The number of benzene rings is 1. The van der Waals surface area contributed by atoms with E-state index in [9.17, 15) is 14.9 Å². The average Bonchev–Trinajstić information content (AvgIpc) is 2.18. The van der Waals surface area contributed by atoms with Crippen molar-refractivity contribution in [3.8, 4) is 0 Å². The molecule has 0 bridgehead atoms. The van der Waals surface area contributed by atoms with E-state index in [1.165, 1.54) is 25.1 Å². The van der Waals surface area contributed by atoms with Gasteiger partial charge in [-0.25, -0.2) is 0 Å². The number of carboxylic acids is 1. The van der Waals surface area contributed by atoms with Crippen molar-refractivity contribution in [3.63, 3.8) is 0 Å². The van der Waals surface area contributed by atoms with E-state index in [-0.39, 0.29) is 5.69 Å². The fourth-order valence-corrected chi connectivity index (χ4v) is 1.02. The smallest absolute Gasteiger partial charge is 0.325 e. The number of aliphatic carboxylic acids is 1. The van der Waals surface area contributed by atoms with Crippen LogP contribution in [0.15, 0.2) is 24.3 Å². The zero-order valence-electron chi connectivity index (χ0n) is 8.01. The molecule has 2 N–H and O–H groups in total. The van der Waals surface area contributed by atoms with Gasteiger partial charge >= 0.3 is 5.97 Å². The zero-order chi connectivity index (χ0) is 11.4. The number of hydrogen-bond donors (Lipinski definition) is 2. The Kier molecular flexibility index (Phi) is 3.22. The summed E-state index contributed by atoms with van der Waals surface area (Å²) in [7, 11) is 0. The van der Waals surface area contributed by atoms with Crippen molar-refractivity contribution in [1.29, 1.82) is 0 Å². The van der Waals surface area contributed by atoms with Crippen LogP contribution in [0.25, 0.3) is 0 Å². The highest BCUT2D eigenvalue weighted by Crippen LogP contribution is 2.17. The summed E-state index contributed by atoms with van der Waals surface area (Å²) in [4.78, 5) is 20.4. The Morgan fingerprint density at radius 3 is 2.80 bits per heavy atom. The van der Waals surface area contributed by atoms with Gasteiger partial charge < -0.3 is 10.4 Å². The molecule has 0 saturated carbocycles. The molecule has 0 radical (unpaired) electrons. The minimum absolute atomic E-state index is 0.0717. The fraction of sp³-hybridized carbons (Fsp3) is 0.222. The molecule has 6 nitrogen and oxygen atoms in total. The molecular formula is C9H10N2O4. The summed E-state index contributed by atoms with van der Waals surface area (Å²) in [6.45, 7) is 1.46. The van der Waals surface area contributed by atoms with Crippen LogP contribution >= 0.6 is 0 Å². The molecule has 0 saturated heterocycles. The van der Waals surface area contributed by atoms with Crippen molar-refractivity contribution < 1.29 is 14.8 Å². The highest BCUT2D eigenvalue weighted by molar-refractivity contribution is 5.76. The number of nitro groups is 1. The molecule has 1 aromatic carbocycles. The lowest BCUT2D eigenvalue weighted by Crippen LogP contribution is -2.25. The Balaban J connectivity index is 2.82. The van der Waals surface area contributed by atoms with Crippen molar-refractivity contribution in [2.75, 3.05) is 5.32 Å². The second-order valence-corrected chi connectivity index (χ2v) is 3.01. The first-order valence-corrected chi connectivity index (χ1v) is 4.24. The fourth-order valence-electron chi connectivity index (χ4n) is 1.02. The van der Waals surface area contributed by atoms with Crippen LogP contribution in [0.1, 0.15) is 6.92 Å². The van der Waals surface area contributed by atoms with Gasteiger partial charge in [-0.3, -0.25) is 14.9 Å². The number of non-ortho nitro benzene ring substituents is 1. The maximum Gasteiger partial charge on any atom is 0.325 e. The Hall–Kier alpha value is -2.11. The molecule has 1 atom stereocenters. The number of rotatable bonds is 4. The summed E-state index contributed by atoms with van der Waals surface area (Å²) in [5.74, 6) is -1.01. The largest absolute Gasteiger partial charge is 0.480 e. The molecule has 0 amide bonds. The summed E-state index contributed by atoms with van der Waals surface area (Å²) in [6, 6.07) is 4.92. The Labute approximate surface area is 85.7 Å². The van der Waals surface area contributed by atoms with E-state index < -0.39 is 16.9 Å². The van der Waals surface area contributed by atoms with Gasteiger partial charge in [-0.2, -0.15) is 0 Å². The first-order chi connectivity index (χ1) is 7.00. The van der Waals surface area contributed by atoms with E-state index in [1.54, 1.807) is 6.07 Å². The third-order valence-electron chi connectivity index (χ3n) is 1.81. The van der Waals surface area contributed by atoms with Crippen LogP contribution in [0, 0.1) is 10.1 Å². The van der Waals surface area contributed by atoms with Gasteiger partial charge in [0.1, 0.15) is 6.04 Å². The molecule has 0 aliphatic carbocycles. The van der Waals surface area contributed by atoms with Gasteiger partial charge in [0.25, 0.3) is 5.69 Å². The normalized spacial score (nSPS) is 11.8. The van der Waals surface area contributed by atoms with Crippen molar-refractivity contribution in [2.45, 2.75) is 13.0 Å². The van der Waals surface area contributed by atoms with Crippen molar-refractivity contribution in [1.82, 2.24) is 0 Å². The number of anilines is 1. The lowest BCUT2D eigenvalue weighted by molar-refractivity contribution is -0.384.